The third kappa shape index (κ3) is 7.15. The summed E-state index contributed by atoms with van der Waals surface area (Å²) in [4.78, 5) is 13.5. The van der Waals surface area contributed by atoms with Crippen molar-refractivity contribution in [2.24, 2.45) is 0 Å². The molecule has 0 radical (unpaired) electrons. The highest BCUT2D eigenvalue weighted by Crippen LogP contribution is 2.34. The summed E-state index contributed by atoms with van der Waals surface area (Å²) in [6.07, 6.45) is 2.84. The second-order valence-corrected chi connectivity index (χ2v) is 10.4. The molecule has 9 nitrogen and oxygen atoms in total. The van der Waals surface area contributed by atoms with Gasteiger partial charge in [0.05, 0.1) is 25.2 Å². The van der Waals surface area contributed by atoms with Crippen molar-refractivity contribution < 1.29 is 37.3 Å². The number of esters is 1. The van der Waals surface area contributed by atoms with Crippen molar-refractivity contribution in [1.29, 1.82) is 0 Å². The standard InChI is InChI=1S/C24H29NO8S2/c1-3-13-32-24(27)21-16-18(22-5-4-15-34-22)17-23(33-21)31-14-11-25(10-12-26)35(28,29)20-8-6-19(30-2)7-9-20/h3-9,15-16,18,23,26H,1,10-14,17H2,2H3/t18-,23+/m1/s1. The van der Waals surface area contributed by atoms with Gasteiger partial charge in [-0.25, -0.2) is 13.2 Å². The Kier molecular flexibility index (Phi) is 9.87. The smallest absolute Gasteiger partial charge is 0.373 e. The molecular formula is C24H29NO8S2. The van der Waals surface area contributed by atoms with Gasteiger partial charge in [-0.2, -0.15) is 4.31 Å². The minimum atomic E-state index is -3.87. The fourth-order valence-corrected chi connectivity index (χ4v) is 5.68. The summed E-state index contributed by atoms with van der Waals surface area (Å²) in [5.41, 5.74) is 0. The van der Waals surface area contributed by atoms with E-state index < -0.39 is 22.3 Å². The number of carbonyl (C=O) groups is 1. The highest BCUT2D eigenvalue weighted by molar-refractivity contribution is 7.89. The average molecular weight is 524 g/mol. The monoisotopic (exact) mass is 523 g/mol. The van der Waals surface area contributed by atoms with E-state index in [2.05, 4.69) is 6.58 Å². The number of allylic oxidation sites excluding steroid dienone is 1. The van der Waals surface area contributed by atoms with Crippen LogP contribution in [0.3, 0.4) is 0 Å². The molecule has 1 aromatic heterocycles. The number of rotatable bonds is 13. The van der Waals surface area contributed by atoms with E-state index in [4.69, 9.17) is 18.9 Å². The topological polar surface area (TPSA) is 112 Å². The Morgan fingerprint density at radius 3 is 2.69 bits per heavy atom. The summed E-state index contributed by atoms with van der Waals surface area (Å²) in [5.74, 6) is -0.161. The predicted octanol–water partition coefficient (Wildman–Crippen LogP) is 2.90. The number of hydrogen-bond acceptors (Lipinski definition) is 9. The molecule has 3 rings (SSSR count). The van der Waals surface area contributed by atoms with Gasteiger partial charge in [0.25, 0.3) is 0 Å². The van der Waals surface area contributed by atoms with Gasteiger partial charge in [-0.05, 0) is 41.8 Å². The van der Waals surface area contributed by atoms with Crippen LogP contribution in [0.2, 0.25) is 0 Å². The number of ether oxygens (including phenoxy) is 4. The summed E-state index contributed by atoms with van der Waals surface area (Å²) in [7, 11) is -2.37. The average Bonchev–Trinajstić information content (AvgIpc) is 3.42. The molecule has 11 heteroatoms. The fraction of sp³-hybridized carbons (Fsp3) is 0.375. The van der Waals surface area contributed by atoms with E-state index in [1.54, 1.807) is 29.5 Å². The molecule has 1 N–H and O–H groups in total. The zero-order valence-corrected chi connectivity index (χ0v) is 21.0. The van der Waals surface area contributed by atoms with Gasteiger partial charge in [0.2, 0.25) is 22.1 Å². The van der Waals surface area contributed by atoms with Crippen molar-refractivity contribution in [2.45, 2.75) is 23.5 Å². The lowest BCUT2D eigenvalue weighted by Crippen LogP contribution is -2.37. The Morgan fingerprint density at radius 1 is 1.29 bits per heavy atom. The second-order valence-electron chi connectivity index (χ2n) is 7.50. The van der Waals surface area contributed by atoms with Crippen LogP contribution in [-0.2, 0) is 29.0 Å². The van der Waals surface area contributed by atoms with Crippen LogP contribution in [0.4, 0.5) is 0 Å². The predicted molar refractivity (Wildman–Crippen MR) is 131 cm³/mol. The lowest BCUT2D eigenvalue weighted by molar-refractivity contribution is -0.160. The number of benzene rings is 1. The van der Waals surface area contributed by atoms with Crippen LogP contribution in [0, 0.1) is 0 Å². The van der Waals surface area contributed by atoms with Crippen molar-refractivity contribution in [2.75, 3.05) is 40.0 Å². The van der Waals surface area contributed by atoms with Crippen LogP contribution in [0.1, 0.15) is 17.2 Å². The van der Waals surface area contributed by atoms with E-state index >= 15 is 0 Å². The molecule has 0 fully saturated rings. The Hall–Kier alpha value is -2.70. The molecule has 1 aromatic carbocycles. The Bertz CT molecular complexity index is 1100. The Balaban J connectivity index is 1.67. The molecule has 190 valence electrons. The highest BCUT2D eigenvalue weighted by Gasteiger charge is 2.31. The van der Waals surface area contributed by atoms with E-state index in [1.807, 2.05) is 17.5 Å². The van der Waals surface area contributed by atoms with E-state index in [0.29, 0.717) is 12.2 Å². The van der Waals surface area contributed by atoms with Crippen LogP contribution in [0.15, 0.2) is 71.2 Å². The molecule has 2 heterocycles. The molecule has 1 aliphatic heterocycles. The third-order valence-electron chi connectivity index (χ3n) is 5.19. The number of methoxy groups -OCH3 is 1. The van der Waals surface area contributed by atoms with Crippen molar-refractivity contribution >= 4 is 27.3 Å². The third-order valence-corrected chi connectivity index (χ3v) is 8.11. The highest BCUT2D eigenvalue weighted by atomic mass is 32.2. The van der Waals surface area contributed by atoms with Gasteiger partial charge < -0.3 is 24.1 Å². The van der Waals surface area contributed by atoms with E-state index in [0.717, 1.165) is 9.18 Å². The minimum absolute atomic E-state index is 0.00774. The first-order chi connectivity index (χ1) is 16.9. The Morgan fingerprint density at radius 2 is 2.06 bits per heavy atom. The maximum Gasteiger partial charge on any atom is 0.373 e. The zero-order valence-electron chi connectivity index (χ0n) is 19.4. The Labute approximate surface area is 209 Å². The van der Waals surface area contributed by atoms with E-state index in [-0.39, 0.29) is 49.5 Å². The summed E-state index contributed by atoms with van der Waals surface area (Å²) in [6.45, 7) is 3.11. The summed E-state index contributed by atoms with van der Waals surface area (Å²) in [6, 6.07) is 9.89. The van der Waals surface area contributed by atoms with Crippen molar-refractivity contribution in [3.05, 3.63) is 71.1 Å². The fourth-order valence-electron chi connectivity index (χ4n) is 3.46. The van der Waals surface area contributed by atoms with Crippen molar-refractivity contribution in [3.8, 4) is 5.75 Å². The van der Waals surface area contributed by atoms with Gasteiger partial charge >= 0.3 is 5.97 Å². The number of aliphatic hydroxyl groups is 1. The number of aliphatic hydroxyl groups excluding tert-OH is 1. The van der Waals surface area contributed by atoms with E-state index in [9.17, 15) is 18.3 Å². The second kappa shape index (κ2) is 12.8. The first-order valence-corrected chi connectivity index (χ1v) is 13.3. The number of hydrogen-bond donors (Lipinski definition) is 1. The molecule has 0 aliphatic carbocycles. The number of sulfonamides is 1. The molecule has 2 aromatic rings. The largest absolute Gasteiger partial charge is 0.497 e. The van der Waals surface area contributed by atoms with E-state index in [1.165, 1.54) is 25.3 Å². The van der Waals surface area contributed by atoms with Crippen LogP contribution >= 0.6 is 11.3 Å². The summed E-state index contributed by atoms with van der Waals surface area (Å²) in [5, 5.41) is 11.4. The van der Waals surface area contributed by atoms with Gasteiger partial charge in [-0.3, -0.25) is 0 Å². The first kappa shape index (κ1) is 26.9. The van der Waals surface area contributed by atoms with Gasteiger partial charge in [0.1, 0.15) is 12.4 Å². The van der Waals surface area contributed by atoms with Crippen LogP contribution in [0.25, 0.3) is 0 Å². The SMILES string of the molecule is C=CCOC(=O)C1=C[C@@H](c2cccs2)C[C@@H](OCCN(CCO)S(=O)(=O)c2ccc(OC)cc2)O1. The van der Waals surface area contributed by atoms with Crippen LogP contribution in [0.5, 0.6) is 5.75 Å². The van der Waals surface area contributed by atoms with Gasteiger partial charge in [-0.1, -0.05) is 18.7 Å². The summed E-state index contributed by atoms with van der Waals surface area (Å²) < 4.78 is 49.0. The molecule has 35 heavy (non-hydrogen) atoms. The minimum Gasteiger partial charge on any atom is -0.497 e. The van der Waals surface area contributed by atoms with Gasteiger partial charge in [-0.15, -0.1) is 11.3 Å². The van der Waals surface area contributed by atoms with Crippen molar-refractivity contribution in [3.63, 3.8) is 0 Å². The number of nitrogens with zero attached hydrogens (tertiary/aromatic N) is 1. The molecule has 1 aliphatic rings. The van der Waals surface area contributed by atoms with Crippen LogP contribution < -0.4 is 4.74 Å². The molecule has 0 saturated carbocycles. The number of thiophene rings is 1. The van der Waals surface area contributed by atoms with Gasteiger partial charge in [0.15, 0.2) is 0 Å². The lowest BCUT2D eigenvalue weighted by Gasteiger charge is -2.29. The maximum absolute atomic E-state index is 13.1. The normalized spacial score (nSPS) is 18.0. The zero-order chi connectivity index (χ0) is 25.3. The molecule has 0 spiro atoms. The molecule has 2 atom stereocenters. The molecule has 0 amide bonds. The maximum atomic E-state index is 13.1. The summed E-state index contributed by atoms with van der Waals surface area (Å²) >= 11 is 1.55. The lowest BCUT2D eigenvalue weighted by atomic mass is 10.00. The molecule has 0 unspecified atom stereocenters. The van der Waals surface area contributed by atoms with Crippen LogP contribution in [-0.4, -0.2) is 70.1 Å². The quantitative estimate of drug-likeness (QED) is 0.315. The first-order valence-electron chi connectivity index (χ1n) is 11.0. The molecule has 0 saturated heterocycles. The number of carbonyl (C=O) groups excluding carboxylic acids is 1. The molecular weight excluding hydrogens is 494 g/mol. The van der Waals surface area contributed by atoms with Crippen molar-refractivity contribution in [1.82, 2.24) is 4.31 Å². The molecule has 0 bridgehead atoms. The van der Waals surface area contributed by atoms with Gasteiger partial charge in [0, 0.05) is 30.3 Å².